The summed E-state index contributed by atoms with van der Waals surface area (Å²) >= 11 is 0. The van der Waals surface area contributed by atoms with E-state index in [-0.39, 0.29) is 11.8 Å². The summed E-state index contributed by atoms with van der Waals surface area (Å²) in [5.41, 5.74) is 1.34. The molecule has 2 aliphatic heterocycles. The summed E-state index contributed by atoms with van der Waals surface area (Å²) in [5, 5.41) is 12.5. The molecule has 5 rings (SSSR count). The highest BCUT2D eigenvalue weighted by molar-refractivity contribution is 5.62. The fraction of sp³-hybridized carbons (Fsp3) is 0.577. The van der Waals surface area contributed by atoms with Crippen LogP contribution in [0.15, 0.2) is 27.8 Å². The molecular weight excluding hydrogens is 418 g/mol. The molecule has 1 aliphatic carbocycles. The molecule has 174 valence electrons. The molecule has 1 saturated carbocycles. The number of nitriles is 1. The first-order valence-corrected chi connectivity index (χ1v) is 12.2. The van der Waals surface area contributed by atoms with Crippen LogP contribution >= 0.6 is 0 Å². The zero-order chi connectivity index (χ0) is 22.9. The van der Waals surface area contributed by atoms with Gasteiger partial charge in [-0.2, -0.15) is 5.26 Å². The fourth-order valence-electron chi connectivity index (χ4n) is 5.85. The van der Waals surface area contributed by atoms with E-state index in [9.17, 15) is 14.9 Å². The third kappa shape index (κ3) is 4.24. The van der Waals surface area contributed by atoms with Crippen molar-refractivity contribution in [2.45, 2.75) is 51.0 Å². The molecule has 2 aromatic carbocycles. The summed E-state index contributed by atoms with van der Waals surface area (Å²) in [6, 6.07) is 8.28. The predicted molar refractivity (Wildman–Crippen MR) is 126 cm³/mol. The van der Waals surface area contributed by atoms with E-state index in [0.717, 1.165) is 57.7 Å². The number of fused-ring (bicyclic) bond motifs is 3. The summed E-state index contributed by atoms with van der Waals surface area (Å²) in [5.74, 6) is 2.81. The highest BCUT2D eigenvalue weighted by atomic mass is 16.5. The molecule has 0 radical (unpaired) electrons. The highest BCUT2D eigenvalue weighted by Crippen LogP contribution is 2.42. The quantitative estimate of drug-likeness (QED) is 0.650. The molecule has 7 nitrogen and oxygen atoms in total. The number of likely N-dealkylation sites (tertiary alicyclic amines) is 1. The van der Waals surface area contributed by atoms with Crippen molar-refractivity contribution >= 4 is 5.69 Å². The maximum absolute atomic E-state index is 11.9. The molecular formula is C26H31N3O4. The van der Waals surface area contributed by atoms with Gasteiger partial charge in [0, 0.05) is 36.5 Å². The number of nitrogens with zero attached hydrogens (tertiary/aromatic N) is 2. The van der Waals surface area contributed by atoms with Gasteiger partial charge in [0.1, 0.15) is 11.4 Å². The Balaban J connectivity index is 1.10. The molecule has 2 aromatic rings. The molecule has 2 fully saturated rings. The first kappa shape index (κ1) is 22.0. The Morgan fingerprint density at radius 2 is 2.00 bits per heavy atom. The van der Waals surface area contributed by atoms with Crippen LogP contribution in [-0.2, 0) is 0 Å². The molecule has 1 N–H and O–H groups in total. The van der Waals surface area contributed by atoms with Crippen molar-refractivity contribution in [3.63, 3.8) is 0 Å². The first-order chi connectivity index (χ1) is 16.1. The number of nitrogens with one attached hydrogen (secondary N) is 1. The number of hydrogen-bond acceptors (Lipinski definition) is 7. The lowest BCUT2D eigenvalue weighted by Gasteiger charge is -2.31. The maximum atomic E-state index is 11.9. The van der Waals surface area contributed by atoms with Gasteiger partial charge in [-0.15, -0.1) is 0 Å². The summed E-state index contributed by atoms with van der Waals surface area (Å²) in [6.45, 7) is 6.16. The van der Waals surface area contributed by atoms with E-state index in [2.05, 4.69) is 16.3 Å². The molecule has 0 aromatic heterocycles. The van der Waals surface area contributed by atoms with Crippen LogP contribution in [0, 0.1) is 23.2 Å². The summed E-state index contributed by atoms with van der Waals surface area (Å²) in [7, 11) is 0. The van der Waals surface area contributed by atoms with Gasteiger partial charge in [-0.1, -0.05) is 0 Å². The van der Waals surface area contributed by atoms with Crippen LogP contribution in [0.5, 0.6) is 11.5 Å². The average molecular weight is 450 g/mol. The molecule has 0 spiro atoms. The van der Waals surface area contributed by atoms with E-state index < -0.39 is 10.9 Å². The standard InChI is InChI=1S/C26H31N3O4/c1-2-32-26-23(24(30)25(26)31)28-19-6-3-16(4-7-19)9-10-29-13-18-15-33-22-8-5-17(12-27)11-20(22)21(18)14-29/h5,8,11,16,18-19,21,28H,2-4,6-7,9-10,13-15H2,1H3/t16?,18-,19?,21+/m0/s1. The van der Waals surface area contributed by atoms with Crippen molar-refractivity contribution in [3.8, 4) is 17.6 Å². The molecule has 33 heavy (non-hydrogen) atoms. The molecule has 2 heterocycles. The van der Waals surface area contributed by atoms with Crippen molar-refractivity contribution in [1.29, 1.82) is 5.26 Å². The van der Waals surface area contributed by atoms with Crippen LogP contribution in [0.25, 0.3) is 0 Å². The van der Waals surface area contributed by atoms with Gasteiger partial charge in [0.2, 0.25) is 0 Å². The number of anilines is 1. The highest BCUT2D eigenvalue weighted by Gasteiger charge is 2.39. The topological polar surface area (TPSA) is 91.7 Å². The lowest BCUT2D eigenvalue weighted by molar-refractivity contribution is 0.209. The van der Waals surface area contributed by atoms with E-state index >= 15 is 0 Å². The van der Waals surface area contributed by atoms with Crippen LogP contribution in [0.3, 0.4) is 0 Å². The normalized spacial score (nSPS) is 26.8. The molecule has 1 saturated heterocycles. The third-order valence-corrected chi connectivity index (χ3v) is 7.71. The van der Waals surface area contributed by atoms with Crippen molar-refractivity contribution < 1.29 is 9.47 Å². The molecule has 0 unspecified atom stereocenters. The molecule has 0 amide bonds. The summed E-state index contributed by atoms with van der Waals surface area (Å²) < 4.78 is 11.3. The smallest absolute Gasteiger partial charge is 0.272 e. The number of rotatable bonds is 7. The largest absolute Gasteiger partial charge is 0.493 e. The molecule has 7 heteroatoms. The zero-order valence-electron chi connectivity index (χ0n) is 19.1. The van der Waals surface area contributed by atoms with E-state index in [4.69, 9.17) is 9.47 Å². The Labute approximate surface area is 194 Å². The second-order valence-corrected chi connectivity index (χ2v) is 9.75. The molecule has 2 atom stereocenters. The number of ether oxygens (including phenoxy) is 2. The Morgan fingerprint density at radius 1 is 1.18 bits per heavy atom. The van der Waals surface area contributed by atoms with Crippen LogP contribution in [0.4, 0.5) is 5.69 Å². The Hall–Kier alpha value is -2.85. The Kier molecular flexibility index (Phi) is 6.11. The average Bonchev–Trinajstić information content (AvgIpc) is 3.28. The number of benzene rings is 1. The predicted octanol–water partition coefficient (Wildman–Crippen LogP) is 3.02. The number of hydrogen-bond donors (Lipinski definition) is 1. The minimum absolute atomic E-state index is 0.215. The molecule has 0 bridgehead atoms. The van der Waals surface area contributed by atoms with Crippen LogP contribution in [-0.4, -0.2) is 43.8 Å². The maximum Gasteiger partial charge on any atom is 0.272 e. The van der Waals surface area contributed by atoms with Gasteiger partial charge in [0.05, 0.1) is 24.8 Å². The van der Waals surface area contributed by atoms with Gasteiger partial charge in [0.25, 0.3) is 10.9 Å². The molecule has 3 aliphatic rings. The van der Waals surface area contributed by atoms with Crippen LogP contribution in [0.1, 0.15) is 56.1 Å². The summed E-state index contributed by atoms with van der Waals surface area (Å²) in [4.78, 5) is 26.1. The van der Waals surface area contributed by atoms with E-state index in [1.807, 2.05) is 25.1 Å². The van der Waals surface area contributed by atoms with Crippen LogP contribution in [0.2, 0.25) is 0 Å². The Bertz CT molecular complexity index is 1120. The lowest BCUT2D eigenvalue weighted by Crippen LogP contribution is -2.39. The fourth-order valence-corrected chi connectivity index (χ4v) is 5.85. The second kappa shape index (κ2) is 9.18. The van der Waals surface area contributed by atoms with Gasteiger partial charge in [-0.05, 0) is 69.7 Å². The third-order valence-electron chi connectivity index (χ3n) is 7.71. The second-order valence-electron chi connectivity index (χ2n) is 9.75. The zero-order valence-corrected chi connectivity index (χ0v) is 19.1. The van der Waals surface area contributed by atoms with Gasteiger partial charge in [-0.25, -0.2) is 0 Å². The van der Waals surface area contributed by atoms with Gasteiger partial charge < -0.3 is 19.7 Å². The minimum atomic E-state index is -0.504. The van der Waals surface area contributed by atoms with Crippen molar-refractivity contribution in [1.82, 2.24) is 4.90 Å². The minimum Gasteiger partial charge on any atom is -0.493 e. The van der Waals surface area contributed by atoms with Crippen LogP contribution < -0.4 is 25.6 Å². The van der Waals surface area contributed by atoms with Gasteiger partial charge in [0.15, 0.2) is 5.75 Å². The summed E-state index contributed by atoms with van der Waals surface area (Å²) in [6.07, 6.45) is 5.48. The monoisotopic (exact) mass is 449 g/mol. The first-order valence-electron chi connectivity index (χ1n) is 12.2. The van der Waals surface area contributed by atoms with E-state index in [1.165, 1.54) is 12.0 Å². The van der Waals surface area contributed by atoms with Crippen molar-refractivity contribution in [2.75, 3.05) is 38.2 Å². The van der Waals surface area contributed by atoms with E-state index in [0.29, 0.717) is 35.6 Å². The SMILES string of the molecule is CCOc1c(NC2CCC(CCN3C[C@H]4COc5ccc(C#N)cc5[C@@H]4C3)CC2)c(=O)c1=O. The van der Waals surface area contributed by atoms with Gasteiger partial charge in [-0.3, -0.25) is 9.59 Å². The Morgan fingerprint density at radius 3 is 2.76 bits per heavy atom. The van der Waals surface area contributed by atoms with E-state index in [1.54, 1.807) is 0 Å². The van der Waals surface area contributed by atoms with Gasteiger partial charge >= 0.3 is 0 Å². The van der Waals surface area contributed by atoms with Crippen molar-refractivity contribution in [2.24, 2.45) is 11.8 Å². The van der Waals surface area contributed by atoms with Crippen molar-refractivity contribution in [3.05, 3.63) is 49.8 Å². The lowest BCUT2D eigenvalue weighted by atomic mass is 9.84.